The van der Waals surface area contributed by atoms with Gasteiger partial charge in [-0.1, -0.05) is 28.1 Å². The van der Waals surface area contributed by atoms with Gasteiger partial charge in [0.1, 0.15) is 5.01 Å². The zero-order valence-electron chi connectivity index (χ0n) is 9.23. The second kappa shape index (κ2) is 6.26. The second-order valence-corrected chi connectivity index (χ2v) is 5.27. The van der Waals surface area contributed by atoms with Crippen LogP contribution >= 0.6 is 27.3 Å². The van der Waals surface area contributed by atoms with Gasteiger partial charge in [0, 0.05) is 22.0 Å². The number of benzene rings is 1. The Morgan fingerprint density at radius 1 is 1.29 bits per heavy atom. The van der Waals surface area contributed by atoms with Crippen molar-refractivity contribution in [3.05, 3.63) is 39.8 Å². The first-order valence-corrected chi connectivity index (χ1v) is 6.95. The number of ether oxygens (including phenoxy) is 1. The van der Waals surface area contributed by atoms with Gasteiger partial charge in [0.25, 0.3) is 0 Å². The molecule has 90 valence electrons. The summed E-state index contributed by atoms with van der Waals surface area (Å²) in [5, 5.41) is 3.04. The fraction of sp³-hybridized carbons (Fsp3) is 0.250. The molecule has 17 heavy (non-hydrogen) atoms. The highest BCUT2D eigenvalue weighted by atomic mass is 79.9. The number of halogens is 1. The first-order chi connectivity index (χ1) is 8.29. The molecule has 1 aromatic carbocycles. The van der Waals surface area contributed by atoms with Gasteiger partial charge in [0.05, 0.1) is 18.9 Å². The summed E-state index contributed by atoms with van der Waals surface area (Å²) >= 11 is 5.05. The van der Waals surface area contributed by atoms with Gasteiger partial charge in [-0.25, -0.2) is 4.98 Å². The lowest BCUT2D eigenvalue weighted by molar-refractivity contribution is 0.126. The van der Waals surface area contributed by atoms with Gasteiger partial charge in [-0.2, -0.15) is 0 Å². The van der Waals surface area contributed by atoms with E-state index in [1.54, 1.807) is 11.3 Å². The van der Waals surface area contributed by atoms with Gasteiger partial charge >= 0.3 is 0 Å². The van der Waals surface area contributed by atoms with Crippen LogP contribution in [0.4, 0.5) is 0 Å². The molecule has 2 rings (SSSR count). The lowest BCUT2D eigenvalue weighted by Crippen LogP contribution is -2.08. The van der Waals surface area contributed by atoms with Gasteiger partial charge in [0.2, 0.25) is 0 Å². The van der Waals surface area contributed by atoms with E-state index < -0.39 is 0 Å². The molecule has 0 aliphatic rings. The highest BCUT2D eigenvalue weighted by Crippen LogP contribution is 2.25. The maximum atomic E-state index is 5.36. The lowest BCUT2D eigenvalue weighted by Gasteiger charge is -1.98. The van der Waals surface area contributed by atoms with Crippen LogP contribution in [0.5, 0.6) is 0 Å². The number of hydrogen-bond donors (Lipinski definition) is 1. The Hall–Kier alpha value is -0.750. The largest absolute Gasteiger partial charge is 0.374 e. The van der Waals surface area contributed by atoms with Crippen LogP contribution in [0.15, 0.2) is 34.1 Å². The summed E-state index contributed by atoms with van der Waals surface area (Å²) in [7, 11) is 0. The average molecular weight is 313 g/mol. The molecular weight excluding hydrogens is 300 g/mol. The van der Waals surface area contributed by atoms with Gasteiger partial charge in [-0.05, 0) is 12.1 Å². The Bertz CT molecular complexity index is 470. The molecule has 2 aromatic rings. The molecule has 3 nitrogen and oxygen atoms in total. The van der Waals surface area contributed by atoms with Crippen molar-refractivity contribution in [2.24, 2.45) is 5.73 Å². The average Bonchev–Trinajstić information content (AvgIpc) is 2.79. The topological polar surface area (TPSA) is 48.1 Å². The van der Waals surface area contributed by atoms with Crippen LogP contribution in [0.2, 0.25) is 0 Å². The number of aromatic nitrogens is 1. The number of thiazole rings is 1. The molecule has 0 aliphatic heterocycles. The zero-order chi connectivity index (χ0) is 12.1. The van der Waals surface area contributed by atoms with E-state index in [9.17, 15) is 0 Å². The van der Waals surface area contributed by atoms with Gasteiger partial charge in [0.15, 0.2) is 0 Å². The number of rotatable bonds is 5. The van der Waals surface area contributed by atoms with Crippen LogP contribution in [0.3, 0.4) is 0 Å². The molecule has 0 amide bonds. The molecule has 0 saturated carbocycles. The summed E-state index contributed by atoms with van der Waals surface area (Å²) in [6.45, 7) is 1.65. The molecule has 1 heterocycles. The molecule has 0 spiro atoms. The minimum Gasteiger partial charge on any atom is -0.374 e. The minimum atomic E-state index is 0.532. The summed E-state index contributed by atoms with van der Waals surface area (Å²) in [6.07, 6.45) is 0. The predicted octanol–water partition coefficient (Wildman–Crippen LogP) is 3.05. The monoisotopic (exact) mass is 312 g/mol. The van der Waals surface area contributed by atoms with Crippen molar-refractivity contribution in [3.63, 3.8) is 0 Å². The highest BCUT2D eigenvalue weighted by molar-refractivity contribution is 9.10. The van der Waals surface area contributed by atoms with Crippen molar-refractivity contribution >= 4 is 27.3 Å². The maximum Gasteiger partial charge on any atom is 0.123 e. The van der Waals surface area contributed by atoms with E-state index in [2.05, 4.69) is 20.9 Å². The third kappa shape index (κ3) is 3.61. The van der Waals surface area contributed by atoms with Crippen molar-refractivity contribution in [3.8, 4) is 10.6 Å². The summed E-state index contributed by atoms with van der Waals surface area (Å²) in [4.78, 5) is 4.52. The maximum absolute atomic E-state index is 5.36. The van der Waals surface area contributed by atoms with Crippen LogP contribution in [-0.2, 0) is 11.3 Å². The molecule has 0 unspecified atom stereocenters. The summed E-state index contributed by atoms with van der Waals surface area (Å²) in [5.74, 6) is 0. The third-order valence-corrected chi connectivity index (χ3v) is 3.62. The Morgan fingerprint density at radius 2 is 2.06 bits per heavy atom. The Labute approximate surface area is 113 Å². The zero-order valence-corrected chi connectivity index (χ0v) is 11.6. The Morgan fingerprint density at radius 3 is 2.76 bits per heavy atom. The normalized spacial score (nSPS) is 10.7. The van der Waals surface area contributed by atoms with Gasteiger partial charge < -0.3 is 10.5 Å². The molecule has 1 aromatic heterocycles. The standard InChI is InChI=1S/C12H13BrN2OS/c13-10-3-1-9(2-4-10)12-15-11(8-17-12)7-16-6-5-14/h1-4,8H,5-7,14H2. The first kappa shape index (κ1) is 12.7. The quantitative estimate of drug-likeness (QED) is 0.863. The van der Waals surface area contributed by atoms with E-state index in [-0.39, 0.29) is 0 Å². The Kier molecular flexibility index (Phi) is 4.67. The predicted molar refractivity (Wildman–Crippen MR) is 74.0 cm³/mol. The summed E-state index contributed by atoms with van der Waals surface area (Å²) in [6, 6.07) is 8.13. The smallest absolute Gasteiger partial charge is 0.123 e. The molecule has 0 bridgehead atoms. The van der Waals surface area contributed by atoms with Crippen molar-refractivity contribution in [2.45, 2.75) is 6.61 Å². The fourth-order valence-electron chi connectivity index (χ4n) is 1.36. The number of hydrogen-bond acceptors (Lipinski definition) is 4. The van der Waals surface area contributed by atoms with Crippen molar-refractivity contribution in [1.82, 2.24) is 4.98 Å². The van der Waals surface area contributed by atoms with E-state index >= 15 is 0 Å². The molecule has 0 fully saturated rings. The lowest BCUT2D eigenvalue weighted by atomic mass is 10.2. The van der Waals surface area contributed by atoms with E-state index in [1.807, 2.05) is 29.6 Å². The highest BCUT2D eigenvalue weighted by Gasteiger charge is 2.04. The fourth-order valence-corrected chi connectivity index (χ4v) is 2.43. The SMILES string of the molecule is NCCOCc1csc(-c2ccc(Br)cc2)n1. The molecule has 5 heteroatoms. The van der Waals surface area contributed by atoms with Crippen LogP contribution in [0, 0.1) is 0 Å². The molecule has 0 radical (unpaired) electrons. The van der Waals surface area contributed by atoms with E-state index in [0.717, 1.165) is 20.7 Å². The van der Waals surface area contributed by atoms with E-state index in [0.29, 0.717) is 19.8 Å². The van der Waals surface area contributed by atoms with Crippen LogP contribution < -0.4 is 5.73 Å². The second-order valence-electron chi connectivity index (χ2n) is 3.49. The molecular formula is C12H13BrN2OS. The van der Waals surface area contributed by atoms with Gasteiger partial charge in [-0.3, -0.25) is 0 Å². The van der Waals surface area contributed by atoms with Gasteiger partial charge in [-0.15, -0.1) is 11.3 Å². The molecule has 0 saturated heterocycles. The van der Waals surface area contributed by atoms with Crippen LogP contribution in [-0.4, -0.2) is 18.1 Å². The van der Waals surface area contributed by atoms with Crippen molar-refractivity contribution < 1.29 is 4.74 Å². The molecule has 0 aliphatic carbocycles. The minimum absolute atomic E-state index is 0.532. The molecule has 0 atom stereocenters. The number of nitrogens with two attached hydrogens (primary N) is 1. The summed E-state index contributed by atoms with van der Waals surface area (Å²) < 4.78 is 6.42. The molecule has 2 N–H and O–H groups in total. The van der Waals surface area contributed by atoms with Crippen LogP contribution in [0.1, 0.15) is 5.69 Å². The first-order valence-electron chi connectivity index (χ1n) is 5.28. The van der Waals surface area contributed by atoms with E-state index in [4.69, 9.17) is 10.5 Å². The number of nitrogens with zero attached hydrogens (tertiary/aromatic N) is 1. The third-order valence-electron chi connectivity index (χ3n) is 2.16. The van der Waals surface area contributed by atoms with Crippen molar-refractivity contribution in [2.75, 3.05) is 13.2 Å². The van der Waals surface area contributed by atoms with Crippen molar-refractivity contribution in [1.29, 1.82) is 0 Å². The Balaban J connectivity index is 2.04. The summed E-state index contributed by atoms with van der Waals surface area (Å²) in [5.41, 5.74) is 7.44. The van der Waals surface area contributed by atoms with E-state index in [1.165, 1.54) is 0 Å². The van der Waals surface area contributed by atoms with Crippen LogP contribution in [0.25, 0.3) is 10.6 Å².